The van der Waals surface area contributed by atoms with E-state index in [1.165, 1.54) is 0 Å². The van der Waals surface area contributed by atoms with Crippen LogP contribution in [-0.4, -0.2) is 63.4 Å². The Balaban J connectivity index is 2.08. The number of carbonyl (C=O) groups excluding carboxylic acids is 1. The Kier molecular flexibility index (Phi) is 5.33. The van der Waals surface area contributed by atoms with Crippen molar-refractivity contribution in [2.75, 3.05) is 6.61 Å². The summed E-state index contributed by atoms with van der Waals surface area (Å²) in [6.07, 6.45) is -6.50. The number of halogens is 1. The van der Waals surface area contributed by atoms with Gasteiger partial charge >= 0.3 is 0 Å². The maximum absolute atomic E-state index is 11.7. The number of aliphatic hydroxyl groups is 4. The zero-order valence-electron chi connectivity index (χ0n) is 11.3. The van der Waals surface area contributed by atoms with Gasteiger partial charge in [-0.1, -0.05) is 11.6 Å². The van der Waals surface area contributed by atoms with Crippen LogP contribution in [0.4, 0.5) is 5.69 Å². The molecule has 0 aliphatic carbocycles. The van der Waals surface area contributed by atoms with Gasteiger partial charge in [0.15, 0.2) is 0 Å². The maximum Gasteiger partial charge on any atom is 0.297 e. The molecule has 1 saturated heterocycles. The minimum absolute atomic E-state index is 0.151. The Morgan fingerprint density at radius 2 is 1.91 bits per heavy atom. The smallest absolute Gasteiger partial charge is 0.297 e. The lowest BCUT2D eigenvalue weighted by atomic mass is 10.0. The second kappa shape index (κ2) is 7.03. The van der Waals surface area contributed by atoms with Crippen LogP contribution < -0.4 is 5.32 Å². The fraction of sp³-hybridized carbons (Fsp3) is 0.385. The first-order valence-corrected chi connectivity index (χ1v) is 6.77. The van der Waals surface area contributed by atoms with Gasteiger partial charge in [-0.15, -0.1) is 0 Å². The zero-order chi connectivity index (χ0) is 16.3. The van der Waals surface area contributed by atoms with Crippen LogP contribution in [0.3, 0.4) is 0 Å². The number of hydrogen-bond acceptors (Lipinski definition) is 7. The summed E-state index contributed by atoms with van der Waals surface area (Å²) in [6.45, 7) is -0.766. The van der Waals surface area contributed by atoms with Crippen LogP contribution in [0.1, 0.15) is 0 Å². The van der Waals surface area contributed by atoms with Crippen LogP contribution >= 0.6 is 11.6 Å². The third-order valence-electron chi connectivity index (χ3n) is 3.03. The van der Waals surface area contributed by atoms with Crippen molar-refractivity contribution >= 4 is 29.2 Å². The maximum atomic E-state index is 11.7. The molecule has 1 heterocycles. The molecule has 5 N–H and O–H groups in total. The van der Waals surface area contributed by atoms with Crippen LogP contribution in [-0.2, 0) is 9.53 Å². The SMILES string of the molecule is O=C1NC(=Nc2ccc(Cl)cc2)O[C@H]1[C@@H](O)[C@H](O)[C@H](O)CO. The normalized spacial score (nSPS) is 23.8. The quantitative estimate of drug-likeness (QED) is 0.466. The van der Waals surface area contributed by atoms with Crippen molar-refractivity contribution in [1.82, 2.24) is 5.32 Å². The fourth-order valence-electron chi connectivity index (χ4n) is 1.81. The summed E-state index contributed by atoms with van der Waals surface area (Å²) in [5.74, 6) is -0.718. The lowest BCUT2D eigenvalue weighted by Crippen LogP contribution is -2.48. The number of nitrogens with one attached hydrogen (secondary N) is 1. The Bertz CT molecular complexity index is 564. The number of amides is 1. The predicted molar refractivity (Wildman–Crippen MR) is 76.7 cm³/mol. The highest BCUT2D eigenvalue weighted by molar-refractivity contribution is 6.30. The van der Waals surface area contributed by atoms with Gasteiger partial charge in [-0.25, -0.2) is 0 Å². The minimum Gasteiger partial charge on any atom is -0.448 e. The summed E-state index contributed by atoms with van der Waals surface area (Å²) < 4.78 is 5.14. The Morgan fingerprint density at radius 1 is 1.27 bits per heavy atom. The molecule has 8 nitrogen and oxygen atoms in total. The first-order valence-electron chi connectivity index (χ1n) is 6.39. The largest absolute Gasteiger partial charge is 0.448 e. The highest BCUT2D eigenvalue weighted by Crippen LogP contribution is 2.19. The van der Waals surface area contributed by atoms with E-state index in [1.807, 2.05) is 0 Å². The van der Waals surface area contributed by atoms with E-state index < -0.39 is 36.9 Å². The molecule has 2 rings (SSSR count). The lowest BCUT2D eigenvalue weighted by molar-refractivity contribution is -0.139. The molecule has 0 saturated carbocycles. The molecular formula is C13H15ClN2O6. The molecule has 1 aliphatic heterocycles. The number of nitrogens with zero attached hydrogens (tertiary/aromatic N) is 1. The number of benzene rings is 1. The van der Waals surface area contributed by atoms with Crippen LogP contribution in [0.25, 0.3) is 0 Å². The van der Waals surface area contributed by atoms with Gasteiger partial charge in [0.25, 0.3) is 11.9 Å². The summed E-state index contributed by atoms with van der Waals surface area (Å²) in [6, 6.07) is 6.25. The van der Waals surface area contributed by atoms with Gasteiger partial charge in [0.1, 0.15) is 18.3 Å². The molecule has 4 atom stereocenters. The molecule has 9 heteroatoms. The first kappa shape index (κ1) is 16.7. The minimum atomic E-state index is -1.74. The molecule has 120 valence electrons. The molecule has 1 amide bonds. The molecule has 0 spiro atoms. The molecule has 1 aliphatic rings. The van der Waals surface area contributed by atoms with E-state index in [-0.39, 0.29) is 6.02 Å². The van der Waals surface area contributed by atoms with E-state index >= 15 is 0 Å². The second-order valence-electron chi connectivity index (χ2n) is 4.65. The van der Waals surface area contributed by atoms with Crippen molar-refractivity contribution in [3.8, 4) is 0 Å². The average Bonchev–Trinajstić information content (AvgIpc) is 2.87. The van der Waals surface area contributed by atoms with E-state index in [2.05, 4.69) is 10.3 Å². The molecule has 0 radical (unpaired) electrons. The number of amidine groups is 1. The standard InChI is InChI=1S/C13H15ClN2O6/c14-6-1-3-7(4-2-6)15-13-16-12(21)11(22-13)10(20)9(19)8(18)5-17/h1-4,8-11,17-20H,5H2,(H,15,16,21)/t8-,9-,10+,11+/m1/s1. The highest BCUT2D eigenvalue weighted by atomic mass is 35.5. The van der Waals surface area contributed by atoms with Crippen molar-refractivity contribution in [2.45, 2.75) is 24.4 Å². The van der Waals surface area contributed by atoms with Crippen molar-refractivity contribution < 1.29 is 30.0 Å². The Hall–Kier alpha value is -1.71. The first-order chi connectivity index (χ1) is 10.4. The van der Waals surface area contributed by atoms with Gasteiger partial charge < -0.3 is 25.2 Å². The number of aliphatic hydroxyl groups excluding tert-OH is 4. The molecule has 0 unspecified atom stereocenters. The average molecular weight is 331 g/mol. The van der Waals surface area contributed by atoms with Crippen molar-refractivity contribution in [1.29, 1.82) is 0 Å². The van der Waals surface area contributed by atoms with E-state index in [0.717, 1.165) is 0 Å². The zero-order valence-corrected chi connectivity index (χ0v) is 12.0. The van der Waals surface area contributed by atoms with Gasteiger partial charge in [-0.2, -0.15) is 4.99 Å². The third-order valence-corrected chi connectivity index (χ3v) is 3.28. The van der Waals surface area contributed by atoms with Gasteiger partial charge in [0.05, 0.1) is 12.3 Å². The molecule has 0 aromatic heterocycles. The van der Waals surface area contributed by atoms with Crippen LogP contribution in [0, 0.1) is 0 Å². The van der Waals surface area contributed by atoms with Gasteiger partial charge in [0.2, 0.25) is 6.10 Å². The van der Waals surface area contributed by atoms with E-state index in [0.29, 0.717) is 10.7 Å². The predicted octanol–water partition coefficient (Wildman–Crippen LogP) is -1.08. The summed E-state index contributed by atoms with van der Waals surface area (Å²) in [7, 11) is 0. The lowest BCUT2D eigenvalue weighted by Gasteiger charge is -2.23. The fourth-order valence-corrected chi connectivity index (χ4v) is 1.93. The van der Waals surface area contributed by atoms with Crippen molar-refractivity contribution in [2.24, 2.45) is 4.99 Å². The molecular weight excluding hydrogens is 316 g/mol. The van der Waals surface area contributed by atoms with Gasteiger partial charge in [0, 0.05) is 5.02 Å². The number of rotatable bonds is 5. The van der Waals surface area contributed by atoms with Crippen LogP contribution in [0.2, 0.25) is 5.02 Å². The number of carbonyl (C=O) groups is 1. The number of ether oxygens (including phenoxy) is 1. The summed E-state index contributed by atoms with van der Waals surface area (Å²) >= 11 is 5.74. The summed E-state index contributed by atoms with van der Waals surface area (Å²) in [4.78, 5) is 15.7. The Morgan fingerprint density at radius 3 is 2.50 bits per heavy atom. The van der Waals surface area contributed by atoms with E-state index in [4.69, 9.17) is 21.4 Å². The monoisotopic (exact) mass is 330 g/mol. The molecule has 1 fully saturated rings. The topological polar surface area (TPSA) is 132 Å². The van der Waals surface area contributed by atoms with Crippen molar-refractivity contribution in [3.63, 3.8) is 0 Å². The number of aliphatic imine (C=N–C) groups is 1. The summed E-state index contributed by atoms with van der Waals surface area (Å²) in [5, 5.41) is 40.3. The van der Waals surface area contributed by atoms with Crippen molar-refractivity contribution in [3.05, 3.63) is 29.3 Å². The van der Waals surface area contributed by atoms with Crippen LogP contribution in [0.15, 0.2) is 29.3 Å². The molecule has 0 bridgehead atoms. The third kappa shape index (κ3) is 3.73. The molecule has 1 aromatic rings. The number of hydrogen-bond donors (Lipinski definition) is 5. The Labute approximate surface area is 130 Å². The molecule has 1 aromatic carbocycles. The van der Waals surface area contributed by atoms with E-state index in [9.17, 15) is 20.1 Å². The van der Waals surface area contributed by atoms with Gasteiger partial charge in [-0.3, -0.25) is 10.1 Å². The van der Waals surface area contributed by atoms with E-state index in [1.54, 1.807) is 24.3 Å². The van der Waals surface area contributed by atoms with Gasteiger partial charge in [-0.05, 0) is 24.3 Å². The highest BCUT2D eigenvalue weighted by Gasteiger charge is 2.42. The van der Waals surface area contributed by atoms with Crippen LogP contribution in [0.5, 0.6) is 0 Å². The molecule has 22 heavy (non-hydrogen) atoms. The second-order valence-corrected chi connectivity index (χ2v) is 5.09. The summed E-state index contributed by atoms with van der Waals surface area (Å²) in [5.41, 5.74) is 0.464.